The highest BCUT2D eigenvalue weighted by atomic mass is 35.5. The van der Waals surface area contributed by atoms with Crippen molar-refractivity contribution >= 4 is 35.9 Å². The number of halogens is 2. The highest BCUT2D eigenvalue weighted by Gasteiger charge is 2.47. The lowest BCUT2D eigenvalue weighted by molar-refractivity contribution is 0.334. The quantitative estimate of drug-likeness (QED) is 0.249. The van der Waals surface area contributed by atoms with E-state index in [9.17, 15) is 4.57 Å². The monoisotopic (exact) mass is 346 g/mol. The summed E-state index contributed by atoms with van der Waals surface area (Å²) in [5, 5.41) is 0.554. The van der Waals surface area contributed by atoms with E-state index in [-0.39, 0.29) is 0 Å². The minimum atomic E-state index is -3.34. The van der Waals surface area contributed by atoms with Gasteiger partial charge in [0.05, 0.1) is 6.61 Å². The Morgan fingerprint density at radius 3 is 2.57 bits per heavy atom. The lowest BCUT2D eigenvalue weighted by Gasteiger charge is -2.30. The Labute approximate surface area is 137 Å². The van der Waals surface area contributed by atoms with E-state index in [1.165, 1.54) is 0 Å². The zero-order valence-electron chi connectivity index (χ0n) is 12.2. The van der Waals surface area contributed by atoms with E-state index in [1.54, 1.807) is 37.3 Å². The van der Waals surface area contributed by atoms with E-state index in [0.29, 0.717) is 18.3 Å². The van der Waals surface area contributed by atoms with Crippen LogP contribution in [-0.4, -0.2) is 10.7 Å². The van der Waals surface area contributed by atoms with Crippen LogP contribution in [0.2, 0.25) is 0 Å². The topological polar surface area (TPSA) is 26.3 Å². The molecule has 0 aromatic heterocycles. The van der Waals surface area contributed by atoms with E-state index >= 15 is 0 Å². The molecule has 116 valence electrons. The van der Waals surface area contributed by atoms with Crippen LogP contribution in [0.15, 0.2) is 55.1 Å². The van der Waals surface area contributed by atoms with Crippen molar-refractivity contribution in [1.82, 2.24) is 0 Å². The molecular weight excluding hydrogens is 326 g/mol. The molecule has 1 aromatic rings. The summed E-state index contributed by atoms with van der Waals surface area (Å²) in [6.45, 7) is 5.69. The number of hydrogen-bond donors (Lipinski definition) is 0. The molecule has 2 nitrogen and oxygen atoms in total. The molecule has 1 aromatic carbocycles. The van der Waals surface area contributed by atoms with E-state index in [2.05, 4.69) is 6.58 Å². The fourth-order valence-electron chi connectivity index (χ4n) is 1.94. The minimum absolute atomic E-state index is 0.295. The zero-order chi connectivity index (χ0) is 15.8. The standard InChI is InChI=1S/C16H21Cl2O2P/c1-3-5-6-7-11-14-16(17,18)21(19,20-4-2)15-12-9-8-10-13-15/h3,5-6,8-10,12-13H,1,4,7,11,14H2,2H3/b6-5+. The third-order valence-corrected chi connectivity index (χ3v) is 7.36. The molecule has 0 heterocycles. The van der Waals surface area contributed by atoms with Crippen molar-refractivity contribution in [2.24, 2.45) is 0 Å². The Kier molecular flexibility index (Phi) is 7.76. The van der Waals surface area contributed by atoms with Gasteiger partial charge in [-0.15, -0.1) is 0 Å². The number of allylic oxidation sites excluding steroid dienone is 3. The van der Waals surface area contributed by atoms with Crippen LogP contribution in [0.3, 0.4) is 0 Å². The highest BCUT2D eigenvalue weighted by Crippen LogP contribution is 2.64. The second-order valence-corrected chi connectivity index (χ2v) is 9.18. The molecule has 0 aliphatic rings. The van der Waals surface area contributed by atoms with Crippen LogP contribution in [0, 0.1) is 0 Å². The molecule has 0 saturated heterocycles. The third-order valence-electron chi connectivity index (χ3n) is 2.96. The predicted octanol–water partition coefficient (Wildman–Crippen LogP) is 5.67. The summed E-state index contributed by atoms with van der Waals surface area (Å²) < 4.78 is 17.3. The summed E-state index contributed by atoms with van der Waals surface area (Å²) in [7, 11) is -3.34. The van der Waals surface area contributed by atoms with Gasteiger partial charge >= 0.3 is 0 Å². The molecule has 0 amide bonds. The summed E-state index contributed by atoms with van der Waals surface area (Å²) in [6.07, 6.45) is 7.47. The van der Waals surface area contributed by atoms with E-state index in [0.717, 1.165) is 12.8 Å². The Morgan fingerprint density at radius 2 is 2.00 bits per heavy atom. The van der Waals surface area contributed by atoms with Gasteiger partial charge in [-0.25, -0.2) is 0 Å². The van der Waals surface area contributed by atoms with Gasteiger partial charge in [-0.1, -0.05) is 66.2 Å². The van der Waals surface area contributed by atoms with Crippen LogP contribution >= 0.6 is 30.6 Å². The second-order valence-electron chi connectivity index (χ2n) is 4.53. The molecule has 0 aliphatic heterocycles. The van der Waals surface area contributed by atoms with Gasteiger partial charge in [0.2, 0.25) is 0 Å². The normalized spacial score (nSPS) is 15.0. The van der Waals surface area contributed by atoms with Crippen molar-refractivity contribution in [2.45, 2.75) is 30.3 Å². The van der Waals surface area contributed by atoms with Gasteiger partial charge in [0, 0.05) is 5.30 Å². The number of alkyl halides is 2. The molecule has 1 rings (SSSR count). The van der Waals surface area contributed by atoms with Crippen molar-refractivity contribution in [3.05, 3.63) is 55.1 Å². The average Bonchev–Trinajstić information content (AvgIpc) is 2.48. The molecule has 0 radical (unpaired) electrons. The summed E-state index contributed by atoms with van der Waals surface area (Å²) in [5.41, 5.74) is 0. The van der Waals surface area contributed by atoms with Gasteiger partial charge in [-0.2, -0.15) is 0 Å². The molecule has 0 N–H and O–H groups in total. The van der Waals surface area contributed by atoms with E-state index in [4.69, 9.17) is 27.7 Å². The third kappa shape index (κ3) is 5.00. The van der Waals surface area contributed by atoms with Crippen molar-refractivity contribution in [3.8, 4) is 0 Å². The van der Waals surface area contributed by atoms with Gasteiger partial charge in [-0.05, 0) is 38.3 Å². The van der Waals surface area contributed by atoms with E-state index < -0.39 is 11.4 Å². The molecule has 0 saturated carbocycles. The Balaban J connectivity index is 2.90. The maximum Gasteiger partial charge on any atom is 0.267 e. The first kappa shape index (κ1) is 18.5. The molecule has 0 aliphatic carbocycles. The number of benzene rings is 1. The summed E-state index contributed by atoms with van der Waals surface area (Å²) in [6, 6.07) is 8.94. The first-order valence-corrected chi connectivity index (χ1v) is 9.31. The van der Waals surface area contributed by atoms with Gasteiger partial charge in [0.15, 0.2) is 4.07 Å². The summed E-state index contributed by atoms with van der Waals surface area (Å²) in [5.74, 6) is 0. The molecular formula is C16H21Cl2O2P. The van der Waals surface area contributed by atoms with Crippen LogP contribution in [0.25, 0.3) is 0 Å². The zero-order valence-corrected chi connectivity index (χ0v) is 14.6. The molecule has 0 spiro atoms. The fraction of sp³-hybridized carbons (Fsp3) is 0.375. The number of rotatable bonds is 9. The lowest BCUT2D eigenvalue weighted by Crippen LogP contribution is -2.23. The number of unbranched alkanes of at least 4 members (excludes halogenated alkanes) is 1. The highest BCUT2D eigenvalue weighted by molar-refractivity contribution is 7.72. The smallest absolute Gasteiger partial charge is 0.267 e. The van der Waals surface area contributed by atoms with Crippen molar-refractivity contribution in [2.75, 3.05) is 6.61 Å². The molecule has 5 heteroatoms. The van der Waals surface area contributed by atoms with Crippen molar-refractivity contribution in [1.29, 1.82) is 0 Å². The lowest BCUT2D eigenvalue weighted by atomic mass is 10.2. The molecule has 0 fully saturated rings. The van der Waals surface area contributed by atoms with Crippen molar-refractivity contribution in [3.63, 3.8) is 0 Å². The predicted molar refractivity (Wildman–Crippen MR) is 92.9 cm³/mol. The maximum absolute atomic E-state index is 13.2. The van der Waals surface area contributed by atoms with Crippen LogP contribution in [0.4, 0.5) is 0 Å². The average molecular weight is 347 g/mol. The minimum Gasteiger partial charge on any atom is -0.324 e. The van der Waals surface area contributed by atoms with Crippen LogP contribution in [-0.2, 0) is 9.09 Å². The van der Waals surface area contributed by atoms with Gasteiger partial charge < -0.3 is 4.52 Å². The maximum atomic E-state index is 13.2. The van der Waals surface area contributed by atoms with Gasteiger partial charge in [-0.3, -0.25) is 4.57 Å². The van der Waals surface area contributed by atoms with Crippen LogP contribution in [0.5, 0.6) is 0 Å². The van der Waals surface area contributed by atoms with Gasteiger partial charge in [0.25, 0.3) is 7.37 Å². The first-order valence-electron chi connectivity index (χ1n) is 6.93. The molecule has 0 bridgehead atoms. The Hall–Kier alpha value is -0.530. The fourth-order valence-corrected chi connectivity index (χ4v) is 5.18. The van der Waals surface area contributed by atoms with Crippen molar-refractivity contribution < 1.29 is 9.09 Å². The molecule has 21 heavy (non-hydrogen) atoms. The van der Waals surface area contributed by atoms with E-state index in [1.807, 2.05) is 18.2 Å². The number of hydrogen-bond acceptors (Lipinski definition) is 2. The Bertz CT molecular complexity index is 512. The molecule has 1 atom stereocenters. The summed E-state index contributed by atoms with van der Waals surface area (Å²) >= 11 is 12.8. The largest absolute Gasteiger partial charge is 0.324 e. The van der Waals surface area contributed by atoms with Crippen LogP contribution < -0.4 is 5.30 Å². The summed E-state index contributed by atoms with van der Waals surface area (Å²) in [4.78, 5) is 0. The van der Waals surface area contributed by atoms with Gasteiger partial charge in [0.1, 0.15) is 0 Å². The van der Waals surface area contributed by atoms with Crippen LogP contribution in [0.1, 0.15) is 26.2 Å². The molecule has 1 unspecified atom stereocenters. The first-order chi connectivity index (χ1) is 9.98. The second kappa shape index (κ2) is 8.80. The Morgan fingerprint density at radius 1 is 1.33 bits per heavy atom. The SMILES string of the molecule is C=C/C=C/CCCC(Cl)(Cl)P(=O)(OCC)c1ccccc1.